The van der Waals surface area contributed by atoms with Crippen molar-refractivity contribution in [3.05, 3.63) is 22.1 Å². The second kappa shape index (κ2) is 6.07. The number of hydrogen-bond acceptors (Lipinski definition) is 5. The number of imidazole rings is 1. The van der Waals surface area contributed by atoms with Crippen molar-refractivity contribution in [3.63, 3.8) is 0 Å². The molecule has 7 nitrogen and oxygen atoms in total. The predicted octanol–water partition coefficient (Wildman–Crippen LogP) is 1.60. The van der Waals surface area contributed by atoms with Crippen molar-refractivity contribution in [3.8, 4) is 0 Å². The third-order valence-electron chi connectivity index (χ3n) is 2.46. The molecule has 0 bridgehead atoms. The molecule has 1 N–H and O–H groups in total. The number of rotatable bonds is 7. The first-order valence-electron chi connectivity index (χ1n) is 5.72. The van der Waals surface area contributed by atoms with E-state index in [1.807, 2.05) is 0 Å². The van der Waals surface area contributed by atoms with Crippen molar-refractivity contribution in [2.45, 2.75) is 39.0 Å². The molecule has 0 aliphatic carbocycles. The molecule has 8 heteroatoms. The molecule has 0 unspecified atom stereocenters. The Hall–Kier alpha value is -1.25. The normalized spacial score (nSPS) is 11.8. The molecule has 1 heterocycles. The molecule has 18 heavy (non-hydrogen) atoms. The van der Waals surface area contributed by atoms with Crippen LogP contribution in [0.15, 0.2) is 6.20 Å². The van der Waals surface area contributed by atoms with Crippen LogP contribution in [0.2, 0.25) is 25.7 Å². The zero-order valence-electron chi connectivity index (χ0n) is 10.9. The Labute approximate surface area is 107 Å². The molecule has 0 amide bonds. The number of aliphatic hydroxyl groups excluding tert-OH is 1. The second-order valence-electron chi connectivity index (χ2n) is 5.22. The third-order valence-corrected chi connectivity index (χ3v) is 4.17. The minimum atomic E-state index is -1.17. The number of aliphatic hydroxyl groups is 1. The van der Waals surface area contributed by atoms with Crippen LogP contribution < -0.4 is 0 Å². The van der Waals surface area contributed by atoms with Gasteiger partial charge in [0, 0.05) is 14.7 Å². The fourth-order valence-electron chi connectivity index (χ4n) is 1.35. The standard InChI is InChI=1S/C10H19N3O4Si/c1-18(2,3)5-4-17-8-12-9(7-14)11-6-10(12)13(15)16/h6,14H,4-5,7-8H2,1-3H3. The minimum Gasteiger partial charge on any atom is -0.386 e. The van der Waals surface area contributed by atoms with E-state index < -0.39 is 13.0 Å². The first kappa shape index (κ1) is 14.8. The number of ether oxygens (including phenoxy) is 1. The SMILES string of the molecule is C[Si](C)(C)CCOCn1c([N+](=O)[O-])cnc1CO. The van der Waals surface area contributed by atoms with Crippen LogP contribution in [0.25, 0.3) is 0 Å². The largest absolute Gasteiger partial charge is 0.386 e. The van der Waals surface area contributed by atoms with Crippen LogP contribution in [0.5, 0.6) is 0 Å². The van der Waals surface area contributed by atoms with E-state index in [0.29, 0.717) is 6.61 Å². The lowest BCUT2D eigenvalue weighted by atomic mass is 10.6. The van der Waals surface area contributed by atoms with Crippen LogP contribution in [0.3, 0.4) is 0 Å². The van der Waals surface area contributed by atoms with E-state index >= 15 is 0 Å². The first-order chi connectivity index (χ1) is 8.35. The fraction of sp³-hybridized carbons (Fsp3) is 0.700. The highest BCUT2D eigenvalue weighted by Gasteiger charge is 2.20. The predicted molar refractivity (Wildman–Crippen MR) is 68.9 cm³/mol. The molecule has 0 radical (unpaired) electrons. The van der Waals surface area contributed by atoms with Crippen LogP contribution in [0.4, 0.5) is 5.82 Å². The Morgan fingerprint density at radius 1 is 1.56 bits per heavy atom. The van der Waals surface area contributed by atoms with E-state index in [2.05, 4.69) is 24.6 Å². The molecule has 0 aliphatic heterocycles. The average Bonchev–Trinajstić information content (AvgIpc) is 2.66. The summed E-state index contributed by atoms with van der Waals surface area (Å²) in [5, 5.41) is 19.8. The van der Waals surface area contributed by atoms with E-state index in [0.717, 1.165) is 12.2 Å². The molecule has 1 aromatic rings. The lowest BCUT2D eigenvalue weighted by Gasteiger charge is -2.15. The van der Waals surface area contributed by atoms with Crippen molar-refractivity contribution < 1.29 is 14.8 Å². The molecule has 0 aromatic carbocycles. The van der Waals surface area contributed by atoms with Gasteiger partial charge in [0.25, 0.3) is 0 Å². The van der Waals surface area contributed by atoms with Gasteiger partial charge in [-0.15, -0.1) is 0 Å². The summed E-state index contributed by atoms with van der Waals surface area (Å²) in [5.74, 6) is 0.0850. The van der Waals surface area contributed by atoms with Gasteiger partial charge in [-0.05, 0) is 11.0 Å². The van der Waals surface area contributed by atoms with Gasteiger partial charge in [-0.3, -0.25) is 0 Å². The molecular formula is C10H19N3O4Si. The van der Waals surface area contributed by atoms with E-state index in [1.165, 1.54) is 4.57 Å². The van der Waals surface area contributed by atoms with Gasteiger partial charge in [0.05, 0.1) is 0 Å². The molecule has 0 saturated carbocycles. The van der Waals surface area contributed by atoms with Gasteiger partial charge >= 0.3 is 5.82 Å². The summed E-state index contributed by atoms with van der Waals surface area (Å²) in [6.45, 7) is 6.97. The van der Waals surface area contributed by atoms with E-state index in [4.69, 9.17) is 9.84 Å². The van der Waals surface area contributed by atoms with Crippen molar-refractivity contribution in [1.82, 2.24) is 9.55 Å². The molecule has 1 rings (SSSR count). The fourth-order valence-corrected chi connectivity index (χ4v) is 2.11. The Morgan fingerprint density at radius 3 is 2.72 bits per heavy atom. The number of nitrogens with zero attached hydrogens (tertiary/aromatic N) is 3. The molecule has 0 atom stereocenters. The molecule has 0 aliphatic rings. The lowest BCUT2D eigenvalue weighted by Crippen LogP contribution is -2.22. The maximum absolute atomic E-state index is 10.8. The molecular weight excluding hydrogens is 254 g/mol. The van der Waals surface area contributed by atoms with Gasteiger partial charge in [-0.2, -0.15) is 4.57 Å². The van der Waals surface area contributed by atoms with Crippen molar-refractivity contribution in [1.29, 1.82) is 0 Å². The molecule has 0 spiro atoms. The highest BCUT2D eigenvalue weighted by molar-refractivity contribution is 6.76. The third kappa shape index (κ3) is 4.20. The summed E-state index contributed by atoms with van der Waals surface area (Å²) in [6.07, 6.45) is 1.13. The zero-order chi connectivity index (χ0) is 13.8. The number of nitro groups is 1. The Kier molecular flexibility index (Phi) is 5.00. The van der Waals surface area contributed by atoms with Gasteiger partial charge in [0.1, 0.15) is 12.8 Å². The van der Waals surface area contributed by atoms with Gasteiger partial charge in [0.15, 0.2) is 6.73 Å². The second-order valence-corrected chi connectivity index (χ2v) is 10.8. The highest BCUT2D eigenvalue weighted by Crippen LogP contribution is 2.15. The number of aromatic nitrogens is 2. The van der Waals surface area contributed by atoms with Crippen LogP contribution in [0, 0.1) is 10.1 Å². The summed E-state index contributed by atoms with van der Waals surface area (Å²) in [4.78, 5) is 14.0. The van der Waals surface area contributed by atoms with E-state index in [1.54, 1.807) is 0 Å². The van der Waals surface area contributed by atoms with Crippen LogP contribution >= 0.6 is 0 Å². The lowest BCUT2D eigenvalue weighted by molar-refractivity contribution is -0.393. The summed E-state index contributed by atoms with van der Waals surface area (Å²) < 4.78 is 6.71. The zero-order valence-corrected chi connectivity index (χ0v) is 11.9. The van der Waals surface area contributed by atoms with Gasteiger partial charge in [-0.25, -0.2) is 4.98 Å². The summed E-state index contributed by atoms with van der Waals surface area (Å²) in [6, 6.07) is 0.990. The average molecular weight is 273 g/mol. The quantitative estimate of drug-likeness (QED) is 0.352. The summed E-state index contributed by atoms with van der Waals surface area (Å²) in [7, 11) is -1.17. The van der Waals surface area contributed by atoms with Gasteiger partial charge < -0.3 is 20.0 Å². The Morgan fingerprint density at radius 2 is 2.22 bits per heavy atom. The summed E-state index contributed by atoms with van der Waals surface area (Å²) >= 11 is 0. The molecule has 0 fully saturated rings. The maximum Gasteiger partial charge on any atom is 0.344 e. The number of hydrogen-bond donors (Lipinski definition) is 1. The monoisotopic (exact) mass is 273 g/mol. The van der Waals surface area contributed by atoms with Gasteiger partial charge in [0.2, 0.25) is 5.82 Å². The first-order valence-corrected chi connectivity index (χ1v) is 9.43. The van der Waals surface area contributed by atoms with Crippen molar-refractivity contribution >= 4 is 13.9 Å². The van der Waals surface area contributed by atoms with Crippen LogP contribution in [-0.4, -0.2) is 34.3 Å². The smallest absolute Gasteiger partial charge is 0.344 e. The van der Waals surface area contributed by atoms with Crippen LogP contribution in [-0.2, 0) is 18.1 Å². The molecule has 102 valence electrons. The minimum absolute atomic E-state index is 0.0523. The maximum atomic E-state index is 10.8. The topological polar surface area (TPSA) is 90.4 Å². The van der Waals surface area contributed by atoms with Gasteiger partial charge in [-0.1, -0.05) is 19.6 Å². The Bertz CT molecular complexity index is 414. The van der Waals surface area contributed by atoms with E-state index in [9.17, 15) is 10.1 Å². The summed E-state index contributed by atoms with van der Waals surface area (Å²) in [5.41, 5.74) is 0. The Balaban J connectivity index is 2.60. The molecule has 0 saturated heterocycles. The van der Waals surface area contributed by atoms with Crippen molar-refractivity contribution in [2.24, 2.45) is 0 Å². The molecule has 1 aromatic heterocycles. The highest BCUT2D eigenvalue weighted by atomic mass is 28.3. The van der Waals surface area contributed by atoms with Crippen molar-refractivity contribution in [2.75, 3.05) is 6.61 Å². The van der Waals surface area contributed by atoms with Crippen LogP contribution in [0.1, 0.15) is 5.82 Å². The van der Waals surface area contributed by atoms with E-state index in [-0.39, 0.29) is 25.0 Å².